The van der Waals surface area contributed by atoms with Crippen LogP contribution in [0.1, 0.15) is 44.9 Å². The molecule has 0 bridgehead atoms. The molecule has 3 fully saturated rings. The summed E-state index contributed by atoms with van der Waals surface area (Å²) in [6, 6.07) is -1.09. The first-order valence-corrected chi connectivity index (χ1v) is 8.73. The van der Waals surface area contributed by atoms with Gasteiger partial charge in [0, 0.05) is 25.6 Å². The predicted molar refractivity (Wildman–Crippen MR) is 84.9 cm³/mol. The molecule has 2 saturated heterocycles. The Morgan fingerprint density at radius 3 is 2.46 bits per heavy atom. The van der Waals surface area contributed by atoms with Gasteiger partial charge in [-0.25, -0.2) is 4.79 Å². The second-order valence-electron chi connectivity index (χ2n) is 6.75. The van der Waals surface area contributed by atoms with E-state index in [-0.39, 0.29) is 37.1 Å². The molecule has 132 valence electrons. The Morgan fingerprint density at radius 1 is 1.00 bits per heavy atom. The summed E-state index contributed by atoms with van der Waals surface area (Å²) in [5.41, 5.74) is 0. The molecule has 1 aliphatic carbocycles. The van der Waals surface area contributed by atoms with Gasteiger partial charge in [-0.3, -0.25) is 19.7 Å². The molecule has 2 aliphatic heterocycles. The van der Waals surface area contributed by atoms with E-state index in [2.05, 4.69) is 10.6 Å². The van der Waals surface area contributed by atoms with E-state index in [0.29, 0.717) is 19.1 Å². The van der Waals surface area contributed by atoms with Crippen LogP contribution in [0, 0.1) is 0 Å². The number of hydrogen-bond donors (Lipinski definition) is 2. The van der Waals surface area contributed by atoms with Crippen LogP contribution in [0.5, 0.6) is 0 Å². The number of urea groups is 1. The molecule has 0 radical (unpaired) electrons. The van der Waals surface area contributed by atoms with Gasteiger partial charge in [-0.05, 0) is 19.3 Å². The third kappa shape index (κ3) is 3.68. The fourth-order valence-electron chi connectivity index (χ4n) is 3.79. The van der Waals surface area contributed by atoms with E-state index in [0.717, 1.165) is 25.7 Å². The van der Waals surface area contributed by atoms with Gasteiger partial charge in [0.15, 0.2) is 0 Å². The molecule has 0 spiro atoms. The maximum Gasteiger partial charge on any atom is 0.322 e. The molecule has 0 aromatic carbocycles. The molecule has 0 aromatic heterocycles. The number of imide groups is 1. The Hall–Kier alpha value is -2.12. The highest BCUT2D eigenvalue weighted by Crippen LogP contribution is 2.24. The number of hydrogen-bond acceptors (Lipinski definition) is 4. The summed E-state index contributed by atoms with van der Waals surface area (Å²) in [6.45, 7) is 1.09. The van der Waals surface area contributed by atoms with Gasteiger partial charge in [0.25, 0.3) is 0 Å². The highest BCUT2D eigenvalue weighted by atomic mass is 16.2. The lowest BCUT2D eigenvalue weighted by Gasteiger charge is -2.41. The molecule has 0 aromatic rings. The van der Waals surface area contributed by atoms with Gasteiger partial charge < -0.3 is 15.1 Å². The number of nitrogens with one attached hydrogen (secondary N) is 2. The Balaban J connectivity index is 1.58. The van der Waals surface area contributed by atoms with Crippen molar-refractivity contribution in [2.45, 2.75) is 57.0 Å². The van der Waals surface area contributed by atoms with Crippen LogP contribution in [-0.4, -0.2) is 65.3 Å². The highest BCUT2D eigenvalue weighted by Gasteiger charge is 2.35. The maximum atomic E-state index is 12.6. The molecular weight excluding hydrogens is 312 g/mol. The second-order valence-corrected chi connectivity index (χ2v) is 6.75. The summed E-state index contributed by atoms with van der Waals surface area (Å²) < 4.78 is 0. The van der Waals surface area contributed by atoms with Gasteiger partial charge >= 0.3 is 6.03 Å². The fraction of sp³-hybridized carbons (Fsp3) is 0.750. The van der Waals surface area contributed by atoms with Crippen molar-refractivity contribution in [2.75, 3.05) is 19.6 Å². The van der Waals surface area contributed by atoms with Crippen molar-refractivity contribution in [3.8, 4) is 0 Å². The lowest BCUT2D eigenvalue weighted by molar-refractivity contribution is -0.148. The van der Waals surface area contributed by atoms with Gasteiger partial charge in [-0.15, -0.1) is 0 Å². The molecule has 0 unspecified atom stereocenters. The Bertz CT molecular complexity index is 544. The standard InChI is InChI=1S/C16H24N4O4/c21-13-7-6-12(17-16(24)18-13)15(23)19-8-9-20(14(22)10-19)11-4-2-1-3-5-11/h11-12H,1-10H2,(H2,17,18,21,24)/t12-/m0/s1. The number of amides is 5. The predicted octanol–water partition coefficient (Wildman–Crippen LogP) is -0.0219. The SMILES string of the molecule is O=C1CC[C@@H](C(=O)N2CCN(C3CCCCC3)C(=O)C2)NC(=O)N1. The molecule has 24 heavy (non-hydrogen) atoms. The van der Waals surface area contributed by atoms with Crippen molar-refractivity contribution in [1.82, 2.24) is 20.4 Å². The summed E-state index contributed by atoms with van der Waals surface area (Å²) >= 11 is 0. The van der Waals surface area contributed by atoms with Crippen LogP contribution in [0.2, 0.25) is 0 Å². The van der Waals surface area contributed by atoms with Crippen LogP contribution in [0.3, 0.4) is 0 Å². The minimum atomic E-state index is -0.745. The third-order valence-corrected chi connectivity index (χ3v) is 5.10. The Labute approximate surface area is 140 Å². The van der Waals surface area contributed by atoms with Crippen molar-refractivity contribution in [3.63, 3.8) is 0 Å². The van der Waals surface area contributed by atoms with Gasteiger partial charge in [0.1, 0.15) is 6.04 Å². The summed E-state index contributed by atoms with van der Waals surface area (Å²) in [6.07, 6.45) is 6.02. The van der Waals surface area contributed by atoms with Crippen molar-refractivity contribution in [2.24, 2.45) is 0 Å². The monoisotopic (exact) mass is 336 g/mol. The quantitative estimate of drug-likeness (QED) is 0.740. The number of piperazine rings is 1. The average molecular weight is 336 g/mol. The fourth-order valence-corrected chi connectivity index (χ4v) is 3.79. The van der Waals surface area contributed by atoms with Crippen molar-refractivity contribution < 1.29 is 19.2 Å². The first-order valence-electron chi connectivity index (χ1n) is 8.73. The smallest absolute Gasteiger partial charge is 0.322 e. The van der Waals surface area contributed by atoms with E-state index in [1.165, 1.54) is 11.3 Å². The van der Waals surface area contributed by atoms with E-state index in [9.17, 15) is 19.2 Å². The molecule has 2 heterocycles. The molecule has 2 N–H and O–H groups in total. The van der Waals surface area contributed by atoms with E-state index >= 15 is 0 Å². The van der Waals surface area contributed by atoms with Crippen LogP contribution >= 0.6 is 0 Å². The first kappa shape index (κ1) is 16.7. The third-order valence-electron chi connectivity index (χ3n) is 5.10. The van der Waals surface area contributed by atoms with E-state index in [4.69, 9.17) is 0 Å². The van der Waals surface area contributed by atoms with Crippen molar-refractivity contribution in [3.05, 3.63) is 0 Å². The molecule has 8 nitrogen and oxygen atoms in total. The van der Waals surface area contributed by atoms with Crippen LogP contribution < -0.4 is 10.6 Å². The molecule has 1 atom stereocenters. The lowest BCUT2D eigenvalue weighted by atomic mass is 9.93. The van der Waals surface area contributed by atoms with Crippen LogP contribution in [0.4, 0.5) is 4.79 Å². The van der Waals surface area contributed by atoms with Gasteiger partial charge in [-0.1, -0.05) is 19.3 Å². The number of carbonyl (C=O) groups is 4. The maximum absolute atomic E-state index is 12.6. The number of carbonyl (C=O) groups excluding carboxylic acids is 4. The Kier molecular flexibility index (Phi) is 5.01. The van der Waals surface area contributed by atoms with Gasteiger partial charge in [0.2, 0.25) is 17.7 Å². The molecule has 8 heteroatoms. The summed E-state index contributed by atoms with van der Waals surface area (Å²) in [5.74, 6) is -0.687. The highest BCUT2D eigenvalue weighted by molar-refractivity contribution is 5.99. The topological polar surface area (TPSA) is 98.8 Å². The largest absolute Gasteiger partial charge is 0.336 e. The Morgan fingerprint density at radius 2 is 1.75 bits per heavy atom. The van der Waals surface area contributed by atoms with Gasteiger partial charge in [0.05, 0.1) is 6.54 Å². The lowest BCUT2D eigenvalue weighted by Crippen LogP contribution is -2.59. The molecule has 3 aliphatic rings. The van der Waals surface area contributed by atoms with E-state index in [1.807, 2.05) is 4.90 Å². The van der Waals surface area contributed by atoms with Crippen LogP contribution in [-0.2, 0) is 14.4 Å². The second kappa shape index (κ2) is 7.19. The normalized spacial score (nSPS) is 26.7. The zero-order chi connectivity index (χ0) is 17.1. The molecule has 5 amide bonds. The number of rotatable bonds is 2. The van der Waals surface area contributed by atoms with E-state index < -0.39 is 12.1 Å². The zero-order valence-electron chi connectivity index (χ0n) is 13.8. The zero-order valence-corrected chi connectivity index (χ0v) is 13.8. The molecular formula is C16H24N4O4. The molecule has 1 saturated carbocycles. The molecule has 3 rings (SSSR count). The van der Waals surface area contributed by atoms with Crippen molar-refractivity contribution >= 4 is 23.8 Å². The van der Waals surface area contributed by atoms with Gasteiger partial charge in [-0.2, -0.15) is 0 Å². The average Bonchev–Trinajstić information content (AvgIpc) is 2.75. The van der Waals surface area contributed by atoms with Crippen molar-refractivity contribution in [1.29, 1.82) is 0 Å². The van der Waals surface area contributed by atoms with E-state index in [1.54, 1.807) is 0 Å². The summed E-state index contributed by atoms with van der Waals surface area (Å²) in [4.78, 5) is 51.3. The van der Waals surface area contributed by atoms with Crippen LogP contribution in [0.15, 0.2) is 0 Å². The minimum absolute atomic E-state index is 0.0179. The minimum Gasteiger partial charge on any atom is -0.336 e. The summed E-state index contributed by atoms with van der Waals surface area (Å²) in [7, 11) is 0. The van der Waals surface area contributed by atoms with Crippen LogP contribution in [0.25, 0.3) is 0 Å². The summed E-state index contributed by atoms with van der Waals surface area (Å²) in [5, 5.41) is 4.66. The number of nitrogens with zero attached hydrogens (tertiary/aromatic N) is 2. The first-order chi connectivity index (χ1) is 11.5.